The summed E-state index contributed by atoms with van der Waals surface area (Å²) in [5, 5.41) is 0. The van der Waals surface area contributed by atoms with Gasteiger partial charge in [-0.1, -0.05) is 13.0 Å². The summed E-state index contributed by atoms with van der Waals surface area (Å²) in [7, 11) is 1.43. The third-order valence-electron chi connectivity index (χ3n) is 2.92. The van der Waals surface area contributed by atoms with Crippen LogP contribution in [-0.4, -0.2) is 36.1 Å². The highest BCUT2D eigenvalue weighted by molar-refractivity contribution is 5.76. The number of carbonyl (C=O) groups excluding carboxylic acids is 1. The molecule has 1 rings (SSSR count). The number of methoxy groups -OCH3 is 1. The molecule has 0 aromatic carbocycles. The van der Waals surface area contributed by atoms with Crippen LogP contribution in [0.2, 0.25) is 0 Å². The molecule has 100 valence electrons. The molecule has 0 N–H and O–H groups in total. The molecule has 0 saturated heterocycles. The molecule has 0 amide bonds. The Hall–Kier alpha value is -1.42. The average Bonchev–Trinajstić information content (AvgIpc) is 2.37. The van der Waals surface area contributed by atoms with Crippen molar-refractivity contribution < 1.29 is 9.53 Å². The van der Waals surface area contributed by atoms with E-state index in [4.69, 9.17) is 4.74 Å². The van der Waals surface area contributed by atoms with Crippen LogP contribution in [0.15, 0.2) is 24.4 Å². The molecule has 1 aromatic heterocycles. The first-order valence-electron chi connectivity index (χ1n) is 6.20. The number of esters is 1. The average molecular weight is 250 g/mol. The molecule has 0 radical (unpaired) electrons. The summed E-state index contributed by atoms with van der Waals surface area (Å²) in [5.41, 5.74) is 0.513. The highest BCUT2D eigenvalue weighted by atomic mass is 16.5. The monoisotopic (exact) mass is 250 g/mol. The van der Waals surface area contributed by atoms with E-state index in [0.29, 0.717) is 6.54 Å². The zero-order valence-electron chi connectivity index (χ0n) is 11.6. The van der Waals surface area contributed by atoms with Crippen molar-refractivity contribution in [3.05, 3.63) is 30.1 Å². The Kier molecular flexibility index (Phi) is 5.28. The van der Waals surface area contributed by atoms with Crippen LogP contribution < -0.4 is 0 Å². The van der Waals surface area contributed by atoms with E-state index in [0.717, 1.165) is 18.8 Å². The maximum Gasteiger partial charge on any atom is 0.312 e. The van der Waals surface area contributed by atoms with Gasteiger partial charge < -0.3 is 4.74 Å². The number of rotatable bonds is 6. The van der Waals surface area contributed by atoms with Crippen molar-refractivity contribution in [2.24, 2.45) is 5.41 Å². The van der Waals surface area contributed by atoms with Gasteiger partial charge in [0.25, 0.3) is 0 Å². The van der Waals surface area contributed by atoms with Gasteiger partial charge in [0.2, 0.25) is 0 Å². The maximum absolute atomic E-state index is 11.7. The molecule has 4 nitrogen and oxygen atoms in total. The predicted octanol–water partition coefficient (Wildman–Crippen LogP) is 2.10. The fourth-order valence-corrected chi connectivity index (χ4v) is 1.90. The van der Waals surface area contributed by atoms with Gasteiger partial charge in [-0.2, -0.15) is 0 Å². The molecule has 1 heterocycles. The molecule has 0 aliphatic carbocycles. The lowest BCUT2D eigenvalue weighted by atomic mass is 9.93. The highest BCUT2D eigenvalue weighted by Gasteiger charge is 2.30. The minimum atomic E-state index is -0.500. The summed E-state index contributed by atoms with van der Waals surface area (Å²) in [6, 6.07) is 5.87. The zero-order chi connectivity index (χ0) is 13.6. The summed E-state index contributed by atoms with van der Waals surface area (Å²) >= 11 is 0. The topological polar surface area (TPSA) is 42.4 Å². The van der Waals surface area contributed by atoms with Gasteiger partial charge >= 0.3 is 5.97 Å². The summed E-state index contributed by atoms with van der Waals surface area (Å²) in [6.07, 6.45) is 1.79. The molecular formula is C14H22N2O2. The van der Waals surface area contributed by atoms with Gasteiger partial charge in [-0.25, -0.2) is 0 Å². The van der Waals surface area contributed by atoms with Crippen molar-refractivity contribution in [3.8, 4) is 0 Å². The molecule has 4 heteroatoms. The Balaban J connectivity index is 2.65. The van der Waals surface area contributed by atoms with E-state index >= 15 is 0 Å². The minimum absolute atomic E-state index is 0.179. The Labute approximate surface area is 109 Å². The van der Waals surface area contributed by atoms with Crippen LogP contribution in [0.3, 0.4) is 0 Å². The van der Waals surface area contributed by atoms with E-state index < -0.39 is 5.41 Å². The number of pyridine rings is 1. The van der Waals surface area contributed by atoms with E-state index in [1.165, 1.54) is 7.11 Å². The molecule has 0 unspecified atom stereocenters. The molecule has 0 spiro atoms. The van der Waals surface area contributed by atoms with Crippen molar-refractivity contribution in [3.63, 3.8) is 0 Å². The SMILES string of the molecule is CCN(Cc1ccccn1)CC(C)(C)C(=O)OC. The Morgan fingerprint density at radius 3 is 2.67 bits per heavy atom. The second kappa shape index (κ2) is 6.50. The molecule has 0 bridgehead atoms. The Morgan fingerprint density at radius 2 is 2.17 bits per heavy atom. The first-order valence-corrected chi connectivity index (χ1v) is 6.20. The first-order chi connectivity index (χ1) is 8.49. The van der Waals surface area contributed by atoms with Gasteiger partial charge in [-0.3, -0.25) is 14.7 Å². The van der Waals surface area contributed by atoms with Crippen molar-refractivity contribution in [1.82, 2.24) is 9.88 Å². The van der Waals surface area contributed by atoms with Gasteiger partial charge in [-0.15, -0.1) is 0 Å². The molecule has 0 saturated carbocycles. The van der Waals surface area contributed by atoms with Crippen molar-refractivity contribution in [2.45, 2.75) is 27.3 Å². The fourth-order valence-electron chi connectivity index (χ4n) is 1.90. The minimum Gasteiger partial charge on any atom is -0.469 e. The van der Waals surface area contributed by atoms with E-state index in [1.807, 2.05) is 32.0 Å². The lowest BCUT2D eigenvalue weighted by Crippen LogP contribution is -2.39. The lowest BCUT2D eigenvalue weighted by molar-refractivity contribution is -0.151. The third-order valence-corrected chi connectivity index (χ3v) is 2.92. The highest BCUT2D eigenvalue weighted by Crippen LogP contribution is 2.19. The van der Waals surface area contributed by atoms with Gasteiger partial charge in [-0.05, 0) is 32.5 Å². The third kappa shape index (κ3) is 4.11. The summed E-state index contributed by atoms with van der Waals surface area (Å²) in [5.74, 6) is -0.179. The normalized spacial score (nSPS) is 11.6. The number of ether oxygens (including phenoxy) is 1. The molecule has 1 aromatic rings. The number of hydrogen-bond donors (Lipinski definition) is 0. The second-order valence-corrected chi connectivity index (χ2v) is 5.00. The number of aromatic nitrogens is 1. The zero-order valence-corrected chi connectivity index (χ0v) is 11.6. The predicted molar refractivity (Wildman–Crippen MR) is 71.0 cm³/mol. The van der Waals surface area contributed by atoms with Crippen molar-refractivity contribution >= 4 is 5.97 Å². The quantitative estimate of drug-likeness (QED) is 0.725. The fraction of sp³-hybridized carbons (Fsp3) is 0.571. The molecule has 18 heavy (non-hydrogen) atoms. The molecule has 0 aliphatic heterocycles. The van der Waals surface area contributed by atoms with Crippen LogP contribution in [0.5, 0.6) is 0 Å². The number of nitrogens with zero attached hydrogens (tertiary/aromatic N) is 2. The molecule has 0 aliphatic rings. The van der Waals surface area contributed by atoms with Crippen LogP contribution in [0, 0.1) is 5.41 Å². The van der Waals surface area contributed by atoms with E-state index in [9.17, 15) is 4.79 Å². The molecule has 0 fully saturated rings. The molecule has 0 atom stereocenters. The standard InChI is InChI=1S/C14H22N2O2/c1-5-16(10-12-8-6-7-9-15-12)11-14(2,3)13(17)18-4/h6-9H,5,10-11H2,1-4H3. The summed E-state index contributed by atoms with van der Waals surface area (Å²) < 4.78 is 4.83. The largest absolute Gasteiger partial charge is 0.469 e. The van der Waals surface area contributed by atoms with Crippen LogP contribution >= 0.6 is 0 Å². The van der Waals surface area contributed by atoms with Crippen LogP contribution in [0.1, 0.15) is 26.5 Å². The Morgan fingerprint density at radius 1 is 1.44 bits per heavy atom. The van der Waals surface area contributed by atoms with Gasteiger partial charge in [0.05, 0.1) is 18.2 Å². The smallest absolute Gasteiger partial charge is 0.312 e. The second-order valence-electron chi connectivity index (χ2n) is 5.00. The Bertz CT molecular complexity index is 377. The number of hydrogen-bond acceptors (Lipinski definition) is 4. The van der Waals surface area contributed by atoms with Crippen molar-refractivity contribution in [2.75, 3.05) is 20.2 Å². The van der Waals surface area contributed by atoms with E-state index in [1.54, 1.807) is 6.20 Å². The van der Waals surface area contributed by atoms with Gasteiger partial charge in [0.1, 0.15) is 0 Å². The van der Waals surface area contributed by atoms with Crippen molar-refractivity contribution in [1.29, 1.82) is 0 Å². The van der Waals surface area contributed by atoms with E-state index in [2.05, 4.69) is 16.8 Å². The summed E-state index contributed by atoms with van der Waals surface area (Å²) in [6.45, 7) is 8.16. The number of carbonyl (C=O) groups is 1. The van der Waals surface area contributed by atoms with Gasteiger partial charge in [0.15, 0.2) is 0 Å². The van der Waals surface area contributed by atoms with Crippen LogP contribution in [0.4, 0.5) is 0 Å². The maximum atomic E-state index is 11.7. The van der Waals surface area contributed by atoms with Crippen LogP contribution in [-0.2, 0) is 16.1 Å². The summed E-state index contributed by atoms with van der Waals surface area (Å²) in [4.78, 5) is 18.2. The van der Waals surface area contributed by atoms with E-state index in [-0.39, 0.29) is 5.97 Å². The lowest BCUT2D eigenvalue weighted by Gasteiger charge is -2.29. The van der Waals surface area contributed by atoms with Gasteiger partial charge in [0, 0.05) is 19.3 Å². The molecular weight excluding hydrogens is 228 g/mol. The first kappa shape index (κ1) is 14.6. The van der Waals surface area contributed by atoms with Crippen LogP contribution in [0.25, 0.3) is 0 Å².